The molecular formula is C24H35N5O. The number of nitrogens with zero attached hydrogens (tertiary/aromatic N) is 4. The average Bonchev–Trinajstić information content (AvgIpc) is 3.11. The van der Waals surface area contributed by atoms with E-state index in [9.17, 15) is 4.79 Å². The molecular weight excluding hydrogens is 374 g/mol. The lowest BCUT2D eigenvalue weighted by atomic mass is 9.95. The molecule has 2 unspecified atom stereocenters. The molecule has 0 radical (unpaired) electrons. The molecule has 6 heteroatoms. The largest absolute Gasteiger partial charge is 0.349 e. The number of aromatic nitrogens is 3. The van der Waals surface area contributed by atoms with Gasteiger partial charge >= 0.3 is 5.69 Å². The molecule has 1 N–H and O–H groups in total. The highest BCUT2D eigenvalue weighted by Gasteiger charge is 2.23. The van der Waals surface area contributed by atoms with Gasteiger partial charge in [-0.1, -0.05) is 50.6 Å². The van der Waals surface area contributed by atoms with Crippen LogP contribution < -0.4 is 11.0 Å². The summed E-state index contributed by atoms with van der Waals surface area (Å²) in [6.45, 7) is 8.89. The zero-order valence-electron chi connectivity index (χ0n) is 18.9. The van der Waals surface area contributed by atoms with Crippen LogP contribution in [0, 0.1) is 12.8 Å². The smallest absolute Gasteiger partial charge is 0.309 e. The molecule has 0 fully saturated rings. The molecule has 0 aliphatic rings. The molecule has 3 rings (SSSR count). The van der Waals surface area contributed by atoms with E-state index >= 15 is 0 Å². The van der Waals surface area contributed by atoms with E-state index in [-0.39, 0.29) is 11.7 Å². The highest BCUT2D eigenvalue weighted by atomic mass is 16.2. The third kappa shape index (κ3) is 5.18. The summed E-state index contributed by atoms with van der Waals surface area (Å²) >= 11 is 0. The number of hydrogen-bond donors (Lipinski definition) is 1. The third-order valence-electron chi connectivity index (χ3n) is 5.74. The van der Waals surface area contributed by atoms with Crippen LogP contribution in [0.3, 0.4) is 0 Å². The van der Waals surface area contributed by atoms with Gasteiger partial charge in [0.15, 0.2) is 0 Å². The number of hydrogen-bond acceptors (Lipinski definition) is 4. The van der Waals surface area contributed by atoms with E-state index in [4.69, 9.17) is 0 Å². The maximum atomic E-state index is 13.4. The van der Waals surface area contributed by atoms with E-state index in [0.29, 0.717) is 12.5 Å². The van der Waals surface area contributed by atoms with Crippen LogP contribution in [0.15, 0.2) is 47.3 Å². The highest BCUT2D eigenvalue weighted by Crippen LogP contribution is 2.25. The van der Waals surface area contributed by atoms with Gasteiger partial charge in [0.05, 0.1) is 23.8 Å². The monoisotopic (exact) mass is 409 g/mol. The molecule has 30 heavy (non-hydrogen) atoms. The molecule has 0 aliphatic carbocycles. The van der Waals surface area contributed by atoms with Crippen molar-refractivity contribution in [2.75, 3.05) is 27.2 Å². The van der Waals surface area contributed by atoms with Crippen LogP contribution >= 0.6 is 0 Å². The Bertz CT molecular complexity index is 1010. The van der Waals surface area contributed by atoms with Crippen LogP contribution in [0.25, 0.3) is 5.52 Å². The first-order valence-corrected chi connectivity index (χ1v) is 10.9. The molecule has 0 amide bonds. The molecule has 0 aliphatic heterocycles. The Morgan fingerprint density at radius 2 is 1.90 bits per heavy atom. The van der Waals surface area contributed by atoms with Gasteiger partial charge in [-0.15, -0.1) is 0 Å². The summed E-state index contributed by atoms with van der Waals surface area (Å²) < 4.78 is 3.42. The Labute approximate surface area is 179 Å². The van der Waals surface area contributed by atoms with Crippen molar-refractivity contribution in [3.63, 3.8) is 0 Å². The van der Waals surface area contributed by atoms with Crippen LogP contribution in [-0.4, -0.2) is 46.3 Å². The summed E-state index contributed by atoms with van der Waals surface area (Å²) in [7, 11) is 4.19. The maximum Gasteiger partial charge on any atom is 0.349 e. The van der Waals surface area contributed by atoms with Crippen LogP contribution in [-0.2, 0) is 6.54 Å². The number of nitrogens with one attached hydrogen (secondary N) is 1. The topological polar surface area (TPSA) is 54.6 Å². The molecule has 3 aromatic rings. The summed E-state index contributed by atoms with van der Waals surface area (Å²) in [5, 5.41) is 8.18. The van der Waals surface area contributed by atoms with Gasteiger partial charge in [0.1, 0.15) is 0 Å². The van der Waals surface area contributed by atoms with Gasteiger partial charge in [0.25, 0.3) is 0 Å². The predicted octanol–water partition coefficient (Wildman–Crippen LogP) is 3.48. The minimum Gasteiger partial charge on any atom is -0.309 e. The first kappa shape index (κ1) is 22.2. The number of fused-ring (bicyclic) bond motifs is 1. The third-order valence-corrected chi connectivity index (χ3v) is 5.74. The maximum absolute atomic E-state index is 13.4. The normalized spacial score (nSPS) is 13.8. The van der Waals surface area contributed by atoms with Gasteiger partial charge in [0, 0.05) is 5.69 Å². The van der Waals surface area contributed by atoms with E-state index in [1.807, 2.05) is 35.8 Å². The van der Waals surface area contributed by atoms with Crippen LogP contribution in [0.1, 0.15) is 49.7 Å². The second-order valence-electron chi connectivity index (χ2n) is 8.52. The summed E-state index contributed by atoms with van der Waals surface area (Å²) in [6.07, 6.45) is 2.10. The second kappa shape index (κ2) is 10.0. The Hall–Kier alpha value is -2.44. The standard InChI is InChI=1S/C24H35N5O/c1-6-18(2)23(25-13-10-14-27(4)5)22-16-21-15-19(3)26-29(21)24(30)28(22)17-20-11-8-7-9-12-20/h7-9,11-12,15-16,18,23,25H,6,10,13-14,17H2,1-5H3. The predicted molar refractivity (Wildman–Crippen MR) is 123 cm³/mol. The molecule has 0 saturated carbocycles. The van der Waals surface area contributed by atoms with Gasteiger partial charge in [0.2, 0.25) is 0 Å². The van der Waals surface area contributed by atoms with Crippen molar-refractivity contribution in [3.8, 4) is 0 Å². The van der Waals surface area contributed by atoms with Crippen molar-refractivity contribution in [3.05, 3.63) is 69.9 Å². The first-order valence-electron chi connectivity index (χ1n) is 10.9. The summed E-state index contributed by atoms with van der Waals surface area (Å²) in [5.74, 6) is 0.400. The SMILES string of the molecule is CCC(C)C(NCCCN(C)C)c1cc2cc(C)nn2c(=O)n1Cc1ccccc1. The lowest BCUT2D eigenvalue weighted by Crippen LogP contribution is -2.37. The average molecular weight is 410 g/mol. The molecule has 1 aromatic carbocycles. The van der Waals surface area contributed by atoms with Crippen molar-refractivity contribution in [2.24, 2.45) is 5.92 Å². The zero-order chi connectivity index (χ0) is 21.7. The zero-order valence-corrected chi connectivity index (χ0v) is 18.9. The molecule has 0 spiro atoms. The molecule has 2 atom stereocenters. The highest BCUT2D eigenvalue weighted by molar-refractivity contribution is 5.48. The van der Waals surface area contributed by atoms with E-state index in [0.717, 1.165) is 48.4 Å². The van der Waals surface area contributed by atoms with Gasteiger partial charge < -0.3 is 10.2 Å². The van der Waals surface area contributed by atoms with Gasteiger partial charge in [-0.25, -0.2) is 4.79 Å². The van der Waals surface area contributed by atoms with E-state index in [2.05, 4.69) is 61.5 Å². The van der Waals surface area contributed by atoms with E-state index < -0.39 is 0 Å². The van der Waals surface area contributed by atoms with Crippen LogP contribution in [0.4, 0.5) is 0 Å². The lowest BCUT2D eigenvalue weighted by Gasteiger charge is -2.28. The Morgan fingerprint density at radius 1 is 1.17 bits per heavy atom. The van der Waals surface area contributed by atoms with Gasteiger partial charge in [-0.2, -0.15) is 9.61 Å². The fourth-order valence-electron chi connectivity index (χ4n) is 3.90. The Kier molecular flexibility index (Phi) is 7.45. The van der Waals surface area contributed by atoms with E-state index in [1.54, 1.807) is 0 Å². The molecule has 6 nitrogen and oxygen atoms in total. The summed E-state index contributed by atoms with van der Waals surface area (Å²) in [6, 6.07) is 14.4. The minimum atomic E-state index is -0.0807. The molecule has 2 heterocycles. The Balaban J connectivity index is 2.04. The number of benzene rings is 1. The van der Waals surface area contributed by atoms with Crippen molar-refractivity contribution >= 4 is 5.52 Å². The minimum absolute atomic E-state index is 0.0807. The quantitative estimate of drug-likeness (QED) is 0.521. The lowest BCUT2D eigenvalue weighted by molar-refractivity contribution is 0.336. The van der Waals surface area contributed by atoms with Gasteiger partial charge in [-0.3, -0.25) is 4.57 Å². The van der Waals surface area contributed by atoms with Crippen molar-refractivity contribution in [1.82, 2.24) is 24.4 Å². The van der Waals surface area contributed by atoms with E-state index in [1.165, 1.54) is 4.52 Å². The Morgan fingerprint density at radius 3 is 2.57 bits per heavy atom. The summed E-state index contributed by atoms with van der Waals surface area (Å²) in [4.78, 5) is 15.6. The van der Waals surface area contributed by atoms with Crippen molar-refractivity contribution in [1.29, 1.82) is 0 Å². The van der Waals surface area contributed by atoms with Crippen molar-refractivity contribution in [2.45, 2.75) is 46.2 Å². The first-order chi connectivity index (χ1) is 14.4. The number of rotatable bonds is 10. The fourth-order valence-corrected chi connectivity index (χ4v) is 3.90. The van der Waals surface area contributed by atoms with Gasteiger partial charge in [-0.05, 0) is 64.1 Å². The number of aryl methyl sites for hydroxylation is 1. The molecule has 0 bridgehead atoms. The molecule has 162 valence electrons. The summed E-state index contributed by atoms with van der Waals surface area (Å²) in [5.41, 5.74) is 3.78. The fraction of sp³-hybridized carbons (Fsp3) is 0.500. The molecule has 0 saturated heterocycles. The van der Waals surface area contributed by atoms with Crippen LogP contribution in [0.2, 0.25) is 0 Å². The van der Waals surface area contributed by atoms with Crippen LogP contribution in [0.5, 0.6) is 0 Å². The molecule has 2 aromatic heterocycles. The second-order valence-corrected chi connectivity index (χ2v) is 8.52. The van der Waals surface area contributed by atoms with Crippen molar-refractivity contribution < 1.29 is 0 Å².